The highest BCUT2D eigenvalue weighted by Crippen LogP contribution is 2.36. The van der Waals surface area contributed by atoms with Gasteiger partial charge in [0.25, 0.3) is 21.5 Å². The summed E-state index contributed by atoms with van der Waals surface area (Å²) in [5.74, 6) is -1.41. The number of carbonyl (C=O) groups is 2. The summed E-state index contributed by atoms with van der Waals surface area (Å²) in [6.45, 7) is 3.04. The highest BCUT2D eigenvalue weighted by Gasteiger charge is 2.37. The van der Waals surface area contributed by atoms with Gasteiger partial charge in [0.15, 0.2) is 0 Å². The van der Waals surface area contributed by atoms with Crippen molar-refractivity contribution in [2.45, 2.75) is 30.7 Å². The Labute approximate surface area is 208 Å². The number of rotatable bonds is 5. The average Bonchev–Trinajstić information content (AvgIpc) is 2.85. The summed E-state index contributed by atoms with van der Waals surface area (Å²) < 4.78 is 29.7. The fraction of sp³-hybridized carbons (Fsp3) is 0.269. The predicted molar refractivity (Wildman–Crippen MR) is 133 cm³/mol. The van der Waals surface area contributed by atoms with E-state index in [9.17, 15) is 27.9 Å². The number of carboxylic acid groups (broad SMARTS) is 1. The Balaban J connectivity index is 1.39. The first kappa shape index (κ1) is 23.8. The number of carbonyl (C=O) groups excluding carboxylic acids is 1. The molecule has 0 spiro atoms. The number of pyridine rings is 1. The van der Waals surface area contributed by atoms with Crippen LogP contribution in [0.2, 0.25) is 0 Å². The molecule has 3 aromatic rings. The number of likely N-dealkylation sites (tertiary alicyclic amines) is 1. The fourth-order valence-electron chi connectivity index (χ4n) is 5.08. The van der Waals surface area contributed by atoms with Gasteiger partial charge in [-0.3, -0.25) is 14.3 Å². The van der Waals surface area contributed by atoms with Gasteiger partial charge in [-0.15, -0.1) is 0 Å². The number of piperidine rings is 1. The molecule has 1 saturated heterocycles. The normalized spacial score (nSPS) is 18.9. The van der Waals surface area contributed by atoms with Crippen LogP contribution in [0.1, 0.15) is 44.3 Å². The second kappa shape index (κ2) is 8.94. The van der Waals surface area contributed by atoms with Gasteiger partial charge in [0.2, 0.25) is 0 Å². The van der Waals surface area contributed by atoms with Crippen molar-refractivity contribution in [1.29, 1.82) is 0 Å². The van der Waals surface area contributed by atoms with Gasteiger partial charge in [0, 0.05) is 36.8 Å². The molecule has 2 aromatic carbocycles. The summed E-state index contributed by atoms with van der Waals surface area (Å²) in [5, 5.41) is 9.24. The van der Waals surface area contributed by atoms with Crippen molar-refractivity contribution in [3.05, 3.63) is 93.4 Å². The van der Waals surface area contributed by atoms with Crippen molar-refractivity contribution in [2.24, 2.45) is 5.92 Å². The minimum Gasteiger partial charge on any atom is -0.478 e. The largest absolute Gasteiger partial charge is 0.478 e. The van der Waals surface area contributed by atoms with Crippen LogP contribution in [0.25, 0.3) is 0 Å². The molecule has 0 unspecified atom stereocenters. The number of nitrogens with zero attached hydrogens (tertiary/aromatic N) is 2. The molecule has 2 bridgehead atoms. The number of aromatic carboxylic acids is 1. The molecular weight excluding hydrogens is 482 g/mol. The highest BCUT2D eigenvalue weighted by atomic mass is 32.2. The van der Waals surface area contributed by atoms with E-state index in [2.05, 4.69) is 4.72 Å². The Morgan fingerprint density at radius 1 is 0.972 bits per heavy atom. The standard InChI is InChI=1S/C26H25N3O6S/c1-16-5-7-21(8-6-16)36(34,35)27-22-9-10-23-20-11-17(14-29(23)25(22)31)13-28(15-20)24(30)18-3-2-4-19(12-18)26(32)33/h2-10,12,17,20,27H,11,13-15H2,1H3,(H,32,33)/t17-,20+/m0/s1. The molecule has 2 N–H and O–H groups in total. The minimum absolute atomic E-state index is 0.0160. The van der Waals surface area contributed by atoms with Gasteiger partial charge in [-0.25, -0.2) is 13.2 Å². The summed E-state index contributed by atoms with van der Waals surface area (Å²) in [7, 11) is -3.92. The molecule has 1 amide bonds. The van der Waals surface area contributed by atoms with E-state index in [0.29, 0.717) is 25.2 Å². The molecule has 1 fully saturated rings. The van der Waals surface area contributed by atoms with Crippen molar-refractivity contribution in [3.8, 4) is 0 Å². The van der Waals surface area contributed by atoms with E-state index in [-0.39, 0.29) is 33.9 Å². The number of hydrogen-bond acceptors (Lipinski definition) is 5. The Bertz CT molecular complexity index is 1530. The second-order valence-corrected chi connectivity index (χ2v) is 11.1. The summed E-state index contributed by atoms with van der Waals surface area (Å²) in [4.78, 5) is 39.5. The first-order valence-corrected chi connectivity index (χ1v) is 13.1. The van der Waals surface area contributed by atoms with Crippen LogP contribution in [-0.4, -0.2) is 48.0 Å². The van der Waals surface area contributed by atoms with Gasteiger partial charge in [0.1, 0.15) is 5.69 Å². The van der Waals surface area contributed by atoms with Gasteiger partial charge >= 0.3 is 5.97 Å². The molecule has 36 heavy (non-hydrogen) atoms. The molecule has 0 saturated carbocycles. The lowest BCUT2D eigenvalue weighted by molar-refractivity contribution is 0.0594. The van der Waals surface area contributed by atoms with E-state index < -0.39 is 21.6 Å². The fourth-order valence-corrected chi connectivity index (χ4v) is 6.14. The van der Waals surface area contributed by atoms with Crippen molar-refractivity contribution in [3.63, 3.8) is 0 Å². The number of hydrogen-bond donors (Lipinski definition) is 2. The van der Waals surface area contributed by atoms with Gasteiger partial charge in [0.05, 0.1) is 10.5 Å². The third-order valence-corrected chi connectivity index (χ3v) is 8.20. The summed E-state index contributed by atoms with van der Waals surface area (Å²) in [6.07, 6.45) is 0.812. The zero-order valence-corrected chi connectivity index (χ0v) is 20.4. The lowest BCUT2D eigenvalue weighted by atomic mass is 9.83. The maximum atomic E-state index is 13.2. The van der Waals surface area contributed by atoms with Gasteiger partial charge in [-0.05, 0) is 61.7 Å². The molecule has 1 aromatic heterocycles. The summed E-state index contributed by atoms with van der Waals surface area (Å²) in [5.41, 5.74) is 1.62. The summed E-state index contributed by atoms with van der Waals surface area (Å²) in [6, 6.07) is 15.6. The monoisotopic (exact) mass is 507 g/mol. The van der Waals surface area contributed by atoms with Gasteiger partial charge in [-0.2, -0.15) is 0 Å². The number of benzene rings is 2. The lowest BCUT2D eigenvalue weighted by Crippen LogP contribution is -2.49. The Hall–Kier alpha value is -3.92. The zero-order valence-electron chi connectivity index (χ0n) is 19.5. The van der Waals surface area contributed by atoms with E-state index >= 15 is 0 Å². The van der Waals surface area contributed by atoms with E-state index in [0.717, 1.165) is 17.7 Å². The molecule has 186 valence electrons. The van der Waals surface area contributed by atoms with Crippen LogP contribution < -0.4 is 10.3 Å². The minimum atomic E-state index is -3.92. The van der Waals surface area contributed by atoms with Crippen LogP contribution in [0.3, 0.4) is 0 Å². The third kappa shape index (κ3) is 4.39. The van der Waals surface area contributed by atoms with Crippen LogP contribution in [-0.2, 0) is 16.6 Å². The number of carboxylic acids is 1. The molecule has 9 nitrogen and oxygen atoms in total. The first-order valence-electron chi connectivity index (χ1n) is 11.6. The average molecular weight is 508 g/mol. The van der Waals surface area contributed by atoms with Crippen LogP contribution in [0.5, 0.6) is 0 Å². The topological polar surface area (TPSA) is 126 Å². The lowest BCUT2D eigenvalue weighted by Gasteiger charge is -2.43. The van der Waals surface area contributed by atoms with Crippen LogP contribution >= 0.6 is 0 Å². The van der Waals surface area contributed by atoms with E-state index in [1.54, 1.807) is 39.8 Å². The van der Waals surface area contributed by atoms with Gasteiger partial charge in [-0.1, -0.05) is 23.8 Å². The number of aryl methyl sites for hydroxylation is 1. The highest BCUT2D eigenvalue weighted by molar-refractivity contribution is 7.92. The van der Waals surface area contributed by atoms with Crippen molar-refractivity contribution >= 4 is 27.6 Å². The maximum Gasteiger partial charge on any atom is 0.335 e. The second-order valence-electron chi connectivity index (χ2n) is 9.40. The van der Waals surface area contributed by atoms with Crippen LogP contribution in [0, 0.1) is 12.8 Å². The van der Waals surface area contributed by atoms with Crippen LogP contribution in [0.4, 0.5) is 5.69 Å². The first-order chi connectivity index (χ1) is 17.1. The molecule has 2 aliphatic rings. The molecule has 2 aliphatic heterocycles. The molecule has 10 heteroatoms. The zero-order chi connectivity index (χ0) is 25.6. The SMILES string of the molecule is Cc1ccc(S(=O)(=O)Nc2ccc3n(c2=O)C[C@H]2C[C@@H]3CN(C(=O)c3cccc(C(=O)O)c3)C2)cc1. The van der Waals surface area contributed by atoms with Crippen LogP contribution in [0.15, 0.2) is 70.4 Å². The van der Waals surface area contributed by atoms with Crippen molar-refractivity contribution in [2.75, 3.05) is 17.8 Å². The summed E-state index contributed by atoms with van der Waals surface area (Å²) >= 11 is 0. The maximum absolute atomic E-state index is 13.2. The Morgan fingerprint density at radius 3 is 2.42 bits per heavy atom. The van der Waals surface area contributed by atoms with E-state index in [1.165, 1.54) is 30.3 Å². The Morgan fingerprint density at radius 2 is 1.69 bits per heavy atom. The van der Waals surface area contributed by atoms with Gasteiger partial charge < -0.3 is 14.6 Å². The number of aromatic nitrogens is 1. The molecule has 3 heterocycles. The third-order valence-electron chi connectivity index (χ3n) is 6.82. The smallest absolute Gasteiger partial charge is 0.335 e. The van der Waals surface area contributed by atoms with E-state index in [4.69, 9.17) is 0 Å². The predicted octanol–water partition coefficient (Wildman–Crippen LogP) is 2.92. The number of sulfonamides is 1. The number of nitrogens with one attached hydrogen (secondary N) is 1. The quantitative estimate of drug-likeness (QED) is 0.547. The van der Waals surface area contributed by atoms with E-state index in [1.807, 2.05) is 6.92 Å². The Kier molecular flexibility index (Phi) is 5.91. The molecule has 2 atom stereocenters. The van der Waals surface area contributed by atoms with Crippen molar-refractivity contribution < 1.29 is 23.1 Å². The molecular formula is C26H25N3O6S. The molecule has 0 radical (unpaired) electrons. The number of fused-ring (bicyclic) bond motifs is 4. The number of amides is 1. The molecule has 0 aliphatic carbocycles. The van der Waals surface area contributed by atoms with Crippen molar-refractivity contribution in [1.82, 2.24) is 9.47 Å². The number of anilines is 1. The molecule has 5 rings (SSSR count).